The number of alkyl halides is 3. The van der Waals surface area contributed by atoms with Crippen LogP contribution < -0.4 is 15.0 Å². The number of sulfonamides is 1. The predicted octanol–water partition coefficient (Wildman–Crippen LogP) is 4.59. The van der Waals surface area contributed by atoms with E-state index in [0.29, 0.717) is 5.39 Å². The number of aromatic nitrogens is 2. The number of halogens is 4. The normalized spacial score (nSPS) is 17.8. The Kier molecular flexibility index (Phi) is 5.54. The second-order valence-electron chi connectivity index (χ2n) is 8.25. The van der Waals surface area contributed by atoms with Crippen molar-refractivity contribution in [1.82, 2.24) is 9.72 Å². The van der Waals surface area contributed by atoms with E-state index in [9.17, 15) is 30.8 Å². The molecule has 1 fully saturated rings. The maximum Gasteiger partial charge on any atom is 0.392 e. The number of methoxy groups -OCH3 is 1. The SMILES string of the molecule is COc1cc(C2CC2C(F)(F)F)c(F)cc1-n1c(=O)ccc2cc(S(=O)(=O)Nc3ccon3)ccc21. The van der Waals surface area contributed by atoms with Crippen molar-refractivity contribution in [2.45, 2.75) is 23.4 Å². The molecule has 2 aromatic carbocycles. The topological polar surface area (TPSA) is 103 Å². The highest BCUT2D eigenvalue weighted by molar-refractivity contribution is 7.92. The number of nitrogens with one attached hydrogen (secondary N) is 1. The molecule has 2 atom stereocenters. The Morgan fingerprint density at radius 3 is 2.56 bits per heavy atom. The average Bonchev–Trinajstić information content (AvgIpc) is 3.48. The minimum Gasteiger partial charge on any atom is -0.495 e. The van der Waals surface area contributed by atoms with Crippen LogP contribution in [0.5, 0.6) is 5.75 Å². The molecule has 2 aromatic heterocycles. The molecule has 1 aliphatic rings. The van der Waals surface area contributed by atoms with Crippen LogP contribution in [-0.4, -0.2) is 31.4 Å². The van der Waals surface area contributed by atoms with Crippen molar-refractivity contribution in [2.24, 2.45) is 5.92 Å². The van der Waals surface area contributed by atoms with Crippen molar-refractivity contribution in [3.8, 4) is 11.4 Å². The van der Waals surface area contributed by atoms with Gasteiger partial charge >= 0.3 is 6.18 Å². The Morgan fingerprint density at radius 2 is 1.92 bits per heavy atom. The van der Waals surface area contributed by atoms with E-state index in [1.54, 1.807) is 0 Å². The fourth-order valence-electron chi connectivity index (χ4n) is 4.18. The highest BCUT2D eigenvalue weighted by atomic mass is 32.2. The maximum atomic E-state index is 15.0. The molecule has 0 radical (unpaired) electrons. The fraction of sp³-hybridized carbons (Fsp3) is 0.217. The van der Waals surface area contributed by atoms with Gasteiger partial charge in [0, 0.05) is 23.6 Å². The first-order valence-electron chi connectivity index (χ1n) is 10.5. The molecule has 1 N–H and O–H groups in total. The summed E-state index contributed by atoms with van der Waals surface area (Å²) in [5.74, 6) is -3.58. The lowest BCUT2D eigenvalue weighted by Crippen LogP contribution is -2.19. The number of hydrogen-bond donors (Lipinski definition) is 1. The van der Waals surface area contributed by atoms with Crippen LogP contribution in [-0.2, 0) is 10.0 Å². The molecule has 0 saturated heterocycles. The van der Waals surface area contributed by atoms with Crippen LogP contribution in [0.2, 0.25) is 0 Å². The van der Waals surface area contributed by atoms with Gasteiger partial charge in [0.05, 0.1) is 29.1 Å². The molecule has 2 heterocycles. The van der Waals surface area contributed by atoms with Gasteiger partial charge in [0.25, 0.3) is 15.6 Å². The van der Waals surface area contributed by atoms with Gasteiger partial charge in [0.15, 0.2) is 5.82 Å². The summed E-state index contributed by atoms with van der Waals surface area (Å²) in [6, 6.07) is 9.93. The second kappa shape index (κ2) is 8.36. The molecular formula is C23H17F4N3O5S. The molecule has 0 amide bonds. The van der Waals surface area contributed by atoms with E-state index in [4.69, 9.17) is 4.74 Å². The van der Waals surface area contributed by atoms with Gasteiger partial charge in [0.2, 0.25) is 0 Å². The molecule has 13 heteroatoms. The molecule has 36 heavy (non-hydrogen) atoms. The quantitative estimate of drug-likeness (QED) is 0.371. The Balaban J connectivity index is 1.59. The van der Waals surface area contributed by atoms with Gasteiger partial charge in [-0.1, -0.05) is 5.16 Å². The molecule has 0 bridgehead atoms. The number of rotatable bonds is 6. The third-order valence-corrected chi connectivity index (χ3v) is 7.35. The van der Waals surface area contributed by atoms with E-state index in [2.05, 4.69) is 14.4 Å². The van der Waals surface area contributed by atoms with Crippen LogP contribution in [0, 0.1) is 11.7 Å². The first-order valence-corrected chi connectivity index (χ1v) is 12.0. The lowest BCUT2D eigenvalue weighted by atomic mass is 10.1. The number of hydrogen-bond acceptors (Lipinski definition) is 6. The third-order valence-electron chi connectivity index (χ3n) is 6.00. The van der Waals surface area contributed by atoms with Crippen LogP contribution in [0.1, 0.15) is 17.9 Å². The van der Waals surface area contributed by atoms with Crippen molar-refractivity contribution < 1.29 is 35.2 Å². The molecule has 5 rings (SSSR count). The van der Waals surface area contributed by atoms with Crippen LogP contribution in [0.15, 0.2) is 69.0 Å². The van der Waals surface area contributed by atoms with Crippen LogP contribution in [0.3, 0.4) is 0 Å². The summed E-state index contributed by atoms with van der Waals surface area (Å²) in [5.41, 5.74) is -0.523. The number of fused-ring (bicyclic) bond motifs is 1. The van der Waals surface area contributed by atoms with Crippen LogP contribution in [0.4, 0.5) is 23.4 Å². The summed E-state index contributed by atoms with van der Waals surface area (Å²) in [6.45, 7) is 0. The average molecular weight is 523 g/mol. The van der Waals surface area contributed by atoms with E-state index < -0.39 is 39.4 Å². The Bertz CT molecular complexity index is 1630. The Hall–Kier alpha value is -3.87. The molecule has 1 saturated carbocycles. The summed E-state index contributed by atoms with van der Waals surface area (Å²) < 4.78 is 92.8. The van der Waals surface area contributed by atoms with Crippen LogP contribution >= 0.6 is 0 Å². The minimum atomic E-state index is -4.43. The first kappa shape index (κ1) is 23.9. The molecule has 1 aliphatic carbocycles. The van der Waals surface area contributed by atoms with E-state index in [-0.39, 0.29) is 39.7 Å². The van der Waals surface area contributed by atoms with Crippen molar-refractivity contribution in [2.75, 3.05) is 11.8 Å². The zero-order chi connectivity index (χ0) is 25.8. The van der Waals surface area contributed by atoms with Crippen molar-refractivity contribution >= 4 is 26.7 Å². The third kappa shape index (κ3) is 4.19. The standard InChI is InChI=1S/C23H17F4N3O5S/c1-34-20-10-15(14-9-16(14)23(25,26)27)17(24)11-19(20)30-18-4-3-13(8-12(18)2-5-22(30)31)36(32,33)29-21-6-7-35-28-21/h2-8,10-11,14,16H,9H2,1H3,(H,28,29). The Labute approximate surface area is 201 Å². The van der Waals surface area contributed by atoms with E-state index in [0.717, 1.165) is 16.7 Å². The molecular weight excluding hydrogens is 506 g/mol. The number of nitrogens with zero attached hydrogens (tertiary/aromatic N) is 2. The predicted molar refractivity (Wildman–Crippen MR) is 120 cm³/mol. The summed E-state index contributed by atoms with van der Waals surface area (Å²) in [5, 5.41) is 3.82. The zero-order valence-corrected chi connectivity index (χ0v) is 19.2. The largest absolute Gasteiger partial charge is 0.495 e. The highest BCUT2D eigenvalue weighted by Gasteiger charge is 2.57. The van der Waals surface area contributed by atoms with E-state index in [1.807, 2.05) is 0 Å². The minimum absolute atomic E-state index is 0.00165. The van der Waals surface area contributed by atoms with Gasteiger partial charge in [-0.2, -0.15) is 13.2 Å². The van der Waals surface area contributed by atoms with Crippen LogP contribution in [0.25, 0.3) is 16.6 Å². The number of benzene rings is 2. The fourth-order valence-corrected chi connectivity index (χ4v) is 5.21. The van der Waals surface area contributed by atoms with Crippen molar-refractivity contribution in [3.63, 3.8) is 0 Å². The lowest BCUT2D eigenvalue weighted by Gasteiger charge is -2.16. The first-order chi connectivity index (χ1) is 17.0. The molecule has 8 nitrogen and oxygen atoms in total. The van der Waals surface area contributed by atoms with Gasteiger partial charge in [-0.15, -0.1) is 0 Å². The van der Waals surface area contributed by atoms with Gasteiger partial charge in [0.1, 0.15) is 17.8 Å². The molecule has 2 unspecified atom stereocenters. The number of pyridine rings is 1. The second-order valence-corrected chi connectivity index (χ2v) is 9.94. The van der Waals surface area contributed by atoms with Gasteiger partial charge in [-0.25, -0.2) is 12.8 Å². The van der Waals surface area contributed by atoms with E-state index >= 15 is 0 Å². The van der Waals surface area contributed by atoms with Gasteiger partial charge < -0.3 is 9.26 Å². The van der Waals surface area contributed by atoms with Crippen molar-refractivity contribution in [3.05, 3.63) is 76.5 Å². The molecule has 188 valence electrons. The zero-order valence-electron chi connectivity index (χ0n) is 18.4. The summed E-state index contributed by atoms with van der Waals surface area (Å²) in [6.07, 6.45) is -3.46. The van der Waals surface area contributed by atoms with Gasteiger partial charge in [-0.05, 0) is 48.2 Å². The summed E-state index contributed by atoms with van der Waals surface area (Å²) in [4.78, 5) is 12.7. The van der Waals surface area contributed by atoms with Gasteiger partial charge in [-0.3, -0.25) is 14.1 Å². The summed E-state index contributed by atoms with van der Waals surface area (Å²) >= 11 is 0. The highest BCUT2D eigenvalue weighted by Crippen LogP contribution is 2.57. The molecule has 4 aromatic rings. The Morgan fingerprint density at radius 1 is 1.14 bits per heavy atom. The summed E-state index contributed by atoms with van der Waals surface area (Å²) in [7, 11) is -2.79. The number of ether oxygens (including phenoxy) is 1. The lowest BCUT2D eigenvalue weighted by molar-refractivity contribution is -0.148. The maximum absolute atomic E-state index is 15.0. The molecule has 0 spiro atoms. The van der Waals surface area contributed by atoms with E-state index in [1.165, 1.54) is 49.8 Å². The van der Waals surface area contributed by atoms with Crippen molar-refractivity contribution in [1.29, 1.82) is 0 Å². The monoisotopic (exact) mass is 523 g/mol. The molecule has 0 aliphatic heterocycles. The smallest absolute Gasteiger partial charge is 0.392 e. The number of anilines is 1.